The lowest BCUT2D eigenvalue weighted by molar-refractivity contribution is 0.102. The molecule has 0 aliphatic rings. The van der Waals surface area contributed by atoms with Crippen LogP contribution in [0.15, 0.2) is 36.5 Å². The molecule has 0 unspecified atom stereocenters. The largest absolute Gasteiger partial charge is 0.398 e. The smallest absolute Gasteiger partial charge is 0.256 e. The molecule has 0 aliphatic heterocycles. The Balaban J connectivity index is 2.26. The van der Waals surface area contributed by atoms with Crippen LogP contribution in [0.2, 0.25) is 5.02 Å². The molecular formula is C13H9ClN4O. The molecule has 0 spiro atoms. The number of anilines is 2. The van der Waals surface area contributed by atoms with Crippen molar-refractivity contribution in [3.05, 3.63) is 52.7 Å². The summed E-state index contributed by atoms with van der Waals surface area (Å²) in [6.45, 7) is 0. The number of amides is 1. The molecule has 0 radical (unpaired) electrons. The number of hydrogen-bond donors (Lipinski definition) is 2. The van der Waals surface area contributed by atoms with Crippen LogP contribution in [0.25, 0.3) is 0 Å². The van der Waals surface area contributed by atoms with Gasteiger partial charge in [-0.05, 0) is 30.3 Å². The van der Waals surface area contributed by atoms with Gasteiger partial charge in [0.2, 0.25) is 0 Å². The molecule has 0 fully saturated rings. The topological polar surface area (TPSA) is 91.8 Å². The fourth-order valence-electron chi connectivity index (χ4n) is 1.46. The average molecular weight is 273 g/mol. The maximum atomic E-state index is 12.0. The lowest BCUT2D eigenvalue weighted by atomic mass is 10.2. The molecule has 2 rings (SSSR count). The van der Waals surface area contributed by atoms with Crippen LogP contribution in [0, 0.1) is 11.3 Å². The Hall–Kier alpha value is -2.58. The van der Waals surface area contributed by atoms with Gasteiger partial charge in [0, 0.05) is 11.8 Å². The van der Waals surface area contributed by atoms with Gasteiger partial charge in [-0.1, -0.05) is 11.6 Å². The van der Waals surface area contributed by atoms with Gasteiger partial charge in [0.1, 0.15) is 6.07 Å². The second-order valence-corrected chi connectivity index (χ2v) is 4.11. The number of halogens is 1. The zero-order valence-electron chi connectivity index (χ0n) is 9.72. The van der Waals surface area contributed by atoms with E-state index in [2.05, 4.69) is 10.3 Å². The zero-order valence-corrected chi connectivity index (χ0v) is 10.5. The highest BCUT2D eigenvalue weighted by atomic mass is 35.5. The van der Waals surface area contributed by atoms with Gasteiger partial charge < -0.3 is 11.1 Å². The van der Waals surface area contributed by atoms with E-state index in [1.165, 1.54) is 18.3 Å². The molecule has 0 saturated heterocycles. The molecule has 3 N–H and O–H groups in total. The molecule has 0 bridgehead atoms. The zero-order chi connectivity index (χ0) is 13.8. The van der Waals surface area contributed by atoms with E-state index in [9.17, 15) is 4.79 Å². The van der Waals surface area contributed by atoms with Crippen LogP contribution >= 0.6 is 11.6 Å². The van der Waals surface area contributed by atoms with Crippen LogP contribution in [0.4, 0.5) is 11.5 Å². The normalized spacial score (nSPS) is 9.68. The molecule has 19 heavy (non-hydrogen) atoms. The minimum atomic E-state index is -0.404. The van der Waals surface area contributed by atoms with Crippen LogP contribution in [0.1, 0.15) is 15.9 Å². The Morgan fingerprint density at radius 3 is 2.89 bits per heavy atom. The van der Waals surface area contributed by atoms with Gasteiger partial charge in [-0.3, -0.25) is 4.79 Å². The predicted octanol–water partition coefficient (Wildman–Crippen LogP) is 2.44. The Morgan fingerprint density at radius 1 is 1.42 bits per heavy atom. The molecule has 0 aliphatic carbocycles. The van der Waals surface area contributed by atoms with Crippen molar-refractivity contribution in [1.82, 2.24) is 4.98 Å². The summed E-state index contributed by atoms with van der Waals surface area (Å²) >= 11 is 5.78. The van der Waals surface area contributed by atoms with Crippen molar-refractivity contribution in [2.75, 3.05) is 11.1 Å². The standard InChI is InChI=1S/C13H9ClN4O/c14-10-4-3-8(6-11(10)16)13(19)18-12-9(7-15)2-1-5-17-12/h1-6H,16H2,(H,17,18,19). The Kier molecular flexibility index (Phi) is 3.64. The van der Waals surface area contributed by atoms with Crippen molar-refractivity contribution in [2.24, 2.45) is 0 Å². The summed E-state index contributed by atoms with van der Waals surface area (Å²) in [6, 6.07) is 9.68. The molecule has 0 saturated carbocycles. The highest BCUT2D eigenvalue weighted by Crippen LogP contribution is 2.20. The highest BCUT2D eigenvalue weighted by molar-refractivity contribution is 6.33. The van der Waals surface area contributed by atoms with Crippen LogP contribution in [0.5, 0.6) is 0 Å². The Morgan fingerprint density at radius 2 is 2.21 bits per heavy atom. The van der Waals surface area contributed by atoms with Crippen molar-refractivity contribution in [3.8, 4) is 6.07 Å². The van der Waals surface area contributed by atoms with E-state index in [1.54, 1.807) is 18.2 Å². The van der Waals surface area contributed by atoms with Crippen molar-refractivity contribution < 1.29 is 4.79 Å². The van der Waals surface area contributed by atoms with Crippen LogP contribution < -0.4 is 11.1 Å². The average Bonchev–Trinajstić information content (AvgIpc) is 2.42. The molecule has 2 aromatic rings. The van der Waals surface area contributed by atoms with Gasteiger partial charge in [-0.15, -0.1) is 0 Å². The fraction of sp³-hybridized carbons (Fsp3) is 0. The first-order valence-corrected chi connectivity index (χ1v) is 5.71. The number of rotatable bonds is 2. The lowest BCUT2D eigenvalue weighted by Crippen LogP contribution is -2.14. The number of hydrogen-bond acceptors (Lipinski definition) is 4. The number of nitrogens with two attached hydrogens (primary N) is 1. The fourth-order valence-corrected chi connectivity index (χ4v) is 1.58. The third-order valence-corrected chi connectivity index (χ3v) is 2.76. The number of nitrogens with zero attached hydrogens (tertiary/aromatic N) is 2. The second kappa shape index (κ2) is 5.38. The van der Waals surface area contributed by atoms with E-state index in [0.717, 1.165) is 0 Å². The lowest BCUT2D eigenvalue weighted by Gasteiger charge is -2.06. The van der Waals surface area contributed by atoms with E-state index in [0.29, 0.717) is 16.3 Å². The minimum absolute atomic E-state index is 0.212. The van der Waals surface area contributed by atoms with Gasteiger partial charge in [-0.2, -0.15) is 5.26 Å². The van der Waals surface area contributed by atoms with Crippen molar-refractivity contribution in [3.63, 3.8) is 0 Å². The summed E-state index contributed by atoms with van der Waals surface area (Å²) in [5, 5.41) is 11.8. The summed E-state index contributed by atoms with van der Waals surface area (Å²) in [4.78, 5) is 15.9. The van der Waals surface area contributed by atoms with Gasteiger partial charge in [-0.25, -0.2) is 4.98 Å². The van der Waals surface area contributed by atoms with E-state index in [-0.39, 0.29) is 11.4 Å². The highest BCUT2D eigenvalue weighted by Gasteiger charge is 2.11. The predicted molar refractivity (Wildman–Crippen MR) is 72.8 cm³/mol. The van der Waals surface area contributed by atoms with Crippen molar-refractivity contribution >= 4 is 29.0 Å². The Labute approximate surface area is 114 Å². The summed E-state index contributed by atoms with van der Waals surface area (Å²) in [5.41, 5.74) is 6.58. The maximum absolute atomic E-state index is 12.0. The molecule has 1 aromatic heterocycles. The van der Waals surface area contributed by atoms with Crippen LogP contribution in [-0.4, -0.2) is 10.9 Å². The first-order chi connectivity index (χ1) is 9.11. The minimum Gasteiger partial charge on any atom is -0.398 e. The molecule has 0 atom stereocenters. The van der Waals surface area contributed by atoms with Crippen LogP contribution in [0.3, 0.4) is 0 Å². The number of nitriles is 1. The number of aromatic nitrogens is 1. The molecule has 1 aromatic carbocycles. The monoisotopic (exact) mass is 272 g/mol. The molecule has 6 heteroatoms. The summed E-state index contributed by atoms with van der Waals surface area (Å²) in [7, 11) is 0. The van der Waals surface area contributed by atoms with Gasteiger partial charge >= 0.3 is 0 Å². The number of nitrogen functional groups attached to an aromatic ring is 1. The van der Waals surface area contributed by atoms with E-state index in [4.69, 9.17) is 22.6 Å². The summed E-state index contributed by atoms with van der Waals surface area (Å²) in [5.74, 6) is -0.193. The Bertz CT molecular complexity index is 679. The summed E-state index contributed by atoms with van der Waals surface area (Å²) in [6.07, 6.45) is 1.49. The SMILES string of the molecule is N#Cc1cccnc1NC(=O)c1ccc(Cl)c(N)c1. The first kappa shape index (κ1) is 12.9. The quantitative estimate of drug-likeness (QED) is 0.821. The molecule has 1 heterocycles. The number of nitrogens with one attached hydrogen (secondary N) is 1. The molecule has 5 nitrogen and oxygen atoms in total. The van der Waals surface area contributed by atoms with E-state index < -0.39 is 5.91 Å². The van der Waals surface area contributed by atoms with Crippen molar-refractivity contribution in [1.29, 1.82) is 5.26 Å². The molecule has 1 amide bonds. The molecular weight excluding hydrogens is 264 g/mol. The van der Waals surface area contributed by atoms with Gasteiger partial charge in [0.05, 0.1) is 16.3 Å². The van der Waals surface area contributed by atoms with Crippen molar-refractivity contribution in [2.45, 2.75) is 0 Å². The number of benzene rings is 1. The number of carbonyl (C=O) groups excluding carboxylic acids is 1. The number of carbonyl (C=O) groups is 1. The summed E-state index contributed by atoms with van der Waals surface area (Å²) < 4.78 is 0. The van der Waals surface area contributed by atoms with Gasteiger partial charge in [0.15, 0.2) is 5.82 Å². The first-order valence-electron chi connectivity index (χ1n) is 5.33. The van der Waals surface area contributed by atoms with E-state index >= 15 is 0 Å². The third kappa shape index (κ3) is 2.81. The maximum Gasteiger partial charge on any atom is 0.256 e. The van der Waals surface area contributed by atoms with Crippen LogP contribution in [-0.2, 0) is 0 Å². The third-order valence-electron chi connectivity index (χ3n) is 2.42. The molecule has 94 valence electrons. The van der Waals surface area contributed by atoms with E-state index in [1.807, 2.05) is 6.07 Å². The second-order valence-electron chi connectivity index (χ2n) is 3.70. The number of pyridine rings is 1. The van der Waals surface area contributed by atoms with Gasteiger partial charge in [0.25, 0.3) is 5.91 Å².